The first-order chi connectivity index (χ1) is 9.06. The molecule has 0 aliphatic heterocycles. The molecule has 1 unspecified atom stereocenters. The number of benzene rings is 1. The Balaban J connectivity index is 2.51. The molecular formula is C15H23NO3. The average Bonchev–Trinajstić information content (AvgIpc) is 2.38. The van der Waals surface area contributed by atoms with Crippen LogP contribution in [-0.2, 0) is 11.3 Å². The van der Waals surface area contributed by atoms with Crippen LogP contribution in [0.4, 0.5) is 0 Å². The van der Waals surface area contributed by atoms with Crippen LogP contribution in [-0.4, -0.2) is 36.2 Å². The van der Waals surface area contributed by atoms with Gasteiger partial charge in [-0.15, -0.1) is 0 Å². The summed E-state index contributed by atoms with van der Waals surface area (Å²) in [6.45, 7) is 5.84. The third kappa shape index (κ3) is 5.30. The maximum atomic E-state index is 11.0. The van der Waals surface area contributed by atoms with E-state index in [0.29, 0.717) is 19.6 Å². The van der Waals surface area contributed by atoms with Gasteiger partial charge in [0, 0.05) is 13.1 Å². The number of ether oxygens (including phenoxy) is 1. The van der Waals surface area contributed by atoms with E-state index >= 15 is 0 Å². The zero-order valence-electron chi connectivity index (χ0n) is 11.9. The van der Waals surface area contributed by atoms with Crippen LogP contribution in [0.25, 0.3) is 0 Å². The smallest absolute Gasteiger partial charge is 0.307 e. The summed E-state index contributed by atoms with van der Waals surface area (Å²) in [5, 5.41) is 9.04. The van der Waals surface area contributed by atoms with Gasteiger partial charge in [-0.05, 0) is 38.1 Å². The first-order valence-corrected chi connectivity index (χ1v) is 6.69. The third-order valence-corrected chi connectivity index (χ3v) is 3.06. The lowest BCUT2D eigenvalue weighted by Crippen LogP contribution is -2.29. The lowest BCUT2D eigenvalue weighted by Gasteiger charge is -2.20. The van der Waals surface area contributed by atoms with Crippen LogP contribution in [0.3, 0.4) is 0 Å². The number of hydrogen-bond donors (Lipinski definition) is 1. The van der Waals surface area contributed by atoms with Gasteiger partial charge in [-0.1, -0.05) is 19.1 Å². The zero-order valence-corrected chi connectivity index (χ0v) is 11.9. The Hall–Kier alpha value is -1.55. The SMILES string of the molecule is CCOc1ccc(CN(C)CC(CC)C(=O)O)cc1. The maximum Gasteiger partial charge on any atom is 0.307 e. The number of aliphatic carboxylic acids is 1. The summed E-state index contributed by atoms with van der Waals surface area (Å²) in [5.74, 6) is -0.153. The molecule has 0 spiro atoms. The Labute approximate surface area is 115 Å². The third-order valence-electron chi connectivity index (χ3n) is 3.06. The monoisotopic (exact) mass is 265 g/mol. The van der Waals surface area contributed by atoms with Gasteiger partial charge < -0.3 is 14.7 Å². The maximum absolute atomic E-state index is 11.0. The molecule has 0 bridgehead atoms. The summed E-state index contributed by atoms with van der Waals surface area (Å²) in [5.41, 5.74) is 1.16. The molecule has 0 aromatic heterocycles. The van der Waals surface area contributed by atoms with E-state index in [-0.39, 0.29) is 5.92 Å². The van der Waals surface area contributed by atoms with E-state index in [0.717, 1.165) is 17.9 Å². The molecule has 106 valence electrons. The second-order valence-electron chi connectivity index (χ2n) is 4.72. The molecule has 4 nitrogen and oxygen atoms in total. The van der Waals surface area contributed by atoms with Gasteiger partial charge >= 0.3 is 5.97 Å². The fraction of sp³-hybridized carbons (Fsp3) is 0.533. The quantitative estimate of drug-likeness (QED) is 0.785. The highest BCUT2D eigenvalue weighted by molar-refractivity contribution is 5.70. The molecule has 0 heterocycles. The van der Waals surface area contributed by atoms with Crippen molar-refractivity contribution in [1.82, 2.24) is 4.90 Å². The summed E-state index contributed by atoms with van der Waals surface area (Å²) in [4.78, 5) is 13.0. The summed E-state index contributed by atoms with van der Waals surface area (Å²) in [7, 11) is 1.95. The van der Waals surface area contributed by atoms with Gasteiger partial charge in [0.25, 0.3) is 0 Å². The number of rotatable bonds is 8. The van der Waals surface area contributed by atoms with Crippen LogP contribution < -0.4 is 4.74 Å². The fourth-order valence-electron chi connectivity index (χ4n) is 1.99. The van der Waals surface area contributed by atoms with E-state index in [1.165, 1.54) is 0 Å². The Bertz CT molecular complexity index is 389. The van der Waals surface area contributed by atoms with E-state index < -0.39 is 5.97 Å². The standard InChI is InChI=1S/C15H23NO3/c1-4-13(15(17)18)11-16(3)10-12-6-8-14(9-7-12)19-5-2/h6-9,13H,4-5,10-11H2,1-3H3,(H,17,18). The van der Waals surface area contributed by atoms with Gasteiger partial charge in [0.15, 0.2) is 0 Å². The molecule has 1 rings (SSSR count). The van der Waals surface area contributed by atoms with Crippen molar-refractivity contribution < 1.29 is 14.6 Å². The minimum absolute atomic E-state index is 0.298. The van der Waals surface area contributed by atoms with E-state index in [9.17, 15) is 4.79 Å². The second-order valence-corrected chi connectivity index (χ2v) is 4.72. The van der Waals surface area contributed by atoms with Crippen molar-refractivity contribution in [3.8, 4) is 5.75 Å². The number of carboxylic acids is 1. The molecular weight excluding hydrogens is 242 g/mol. The molecule has 4 heteroatoms. The summed E-state index contributed by atoms with van der Waals surface area (Å²) in [6, 6.07) is 7.93. The van der Waals surface area contributed by atoms with Crippen molar-refractivity contribution in [2.24, 2.45) is 5.92 Å². The lowest BCUT2D eigenvalue weighted by atomic mass is 10.1. The van der Waals surface area contributed by atoms with Gasteiger partial charge in [0.1, 0.15) is 5.75 Å². The molecule has 1 aromatic rings. The van der Waals surface area contributed by atoms with Crippen LogP contribution in [0.5, 0.6) is 5.75 Å². The summed E-state index contributed by atoms with van der Waals surface area (Å²) >= 11 is 0. The van der Waals surface area contributed by atoms with Crippen molar-refractivity contribution in [2.75, 3.05) is 20.2 Å². The minimum atomic E-state index is -0.721. The predicted molar refractivity (Wildman–Crippen MR) is 75.4 cm³/mol. The number of carbonyl (C=O) groups is 1. The van der Waals surface area contributed by atoms with Crippen molar-refractivity contribution in [3.05, 3.63) is 29.8 Å². The van der Waals surface area contributed by atoms with Crippen LogP contribution in [0.2, 0.25) is 0 Å². The van der Waals surface area contributed by atoms with Crippen molar-refractivity contribution in [3.63, 3.8) is 0 Å². The fourth-order valence-corrected chi connectivity index (χ4v) is 1.99. The van der Waals surface area contributed by atoms with Gasteiger partial charge in [-0.2, -0.15) is 0 Å². The van der Waals surface area contributed by atoms with E-state index in [1.807, 2.05) is 50.1 Å². The second kappa shape index (κ2) is 7.79. The molecule has 0 amide bonds. The average molecular weight is 265 g/mol. The lowest BCUT2D eigenvalue weighted by molar-refractivity contribution is -0.142. The van der Waals surface area contributed by atoms with E-state index in [2.05, 4.69) is 0 Å². The van der Waals surface area contributed by atoms with Gasteiger partial charge in [-0.25, -0.2) is 0 Å². The Morgan fingerprint density at radius 2 is 1.95 bits per heavy atom. The molecule has 1 N–H and O–H groups in total. The first-order valence-electron chi connectivity index (χ1n) is 6.69. The number of carboxylic acid groups (broad SMARTS) is 1. The highest BCUT2D eigenvalue weighted by Gasteiger charge is 2.17. The Kier molecular flexibility index (Phi) is 6.36. The largest absolute Gasteiger partial charge is 0.494 e. The van der Waals surface area contributed by atoms with Crippen LogP contribution in [0.1, 0.15) is 25.8 Å². The van der Waals surface area contributed by atoms with Crippen molar-refractivity contribution in [2.45, 2.75) is 26.8 Å². The molecule has 0 aliphatic carbocycles. The molecule has 0 fully saturated rings. The number of nitrogens with zero attached hydrogens (tertiary/aromatic N) is 1. The van der Waals surface area contributed by atoms with Crippen LogP contribution in [0.15, 0.2) is 24.3 Å². The molecule has 0 radical (unpaired) electrons. The predicted octanol–water partition coefficient (Wildman–Crippen LogP) is 2.63. The van der Waals surface area contributed by atoms with Crippen molar-refractivity contribution in [1.29, 1.82) is 0 Å². The van der Waals surface area contributed by atoms with Gasteiger partial charge in [-0.3, -0.25) is 4.79 Å². The van der Waals surface area contributed by atoms with Crippen molar-refractivity contribution >= 4 is 5.97 Å². The topological polar surface area (TPSA) is 49.8 Å². The zero-order chi connectivity index (χ0) is 14.3. The molecule has 19 heavy (non-hydrogen) atoms. The Morgan fingerprint density at radius 1 is 1.32 bits per heavy atom. The van der Waals surface area contributed by atoms with Gasteiger partial charge in [0.05, 0.1) is 12.5 Å². The molecule has 1 atom stereocenters. The summed E-state index contributed by atoms with van der Waals surface area (Å²) < 4.78 is 5.39. The van der Waals surface area contributed by atoms with E-state index in [4.69, 9.17) is 9.84 Å². The Morgan fingerprint density at radius 3 is 2.42 bits per heavy atom. The highest BCUT2D eigenvalue weighted by atomic mass is 16.5. The number of hydrogen-bond acceptors (Lipinski definition) is 3. The highest BCUT2D eigenvalue weighted by Crippen LogP contribution is 2.14. The van der Waals surface area contributed by atoms with Crippen LogP contribution in [0, 0.1) is 5.92 Å². The minimum Gasteiger partial charge on any atom is -0.494 e. The van der Waals surface area contributed by atoms with Gasteiger partial charge in [0.2, 0.25) is 0 Å². The summed E-state index contributed by atoms with van der Waals surface area (Å²) in [6.07, 6.45) is 0.656. The van der Waals surface area contributed by atoms with E-state index in [1.54, 1.807) is 0 Å². The molecule has 1 aromatic carbocycles. The molecule has 0 aliphatic rings. The molecule has 0 saturated carbocycles. The first kappa shape index (κ1) is 15.5. The normalized spacial score (nSPS) is 12.4. The van der Waals surface area contributed by atoms with Crippen LogP contribution >= 0.6 is 0 Å². The molecule has 0 saturated heterocycles.